The van der Waals surface area contributed by atoms with Crippen LogP contribution in [0.4, 0.5) is 4.39 Å². The maximum absolute atomic E-state index is 13.5. The zero-order valence-electron chi connectivity index (χ0n) is 7.78. The average Bonchev–Trinajstić information content (AvgIpc) is 2.74. The van der Waals surface area contributed by atoms with Gasteiger partial charge in [0.15, 0.2) is 0 Å². The zero-order chi connectivity index (χ0) is 10.8. The van der Waals surface area contributed by atoms with Crippen LogP contribution < -0.4 is 5.73 Å². The molecule has 0 saturated heterocycles. The van der Waals surface area contributed by atoms with Gasteiger partial charge in [-0.05, 0) is 29.6 Å². The Hall–Kier alpha value is -0.710. The van der Waals surface area contributed by atoms with Gasteiger partial charge in [-0.1, -0.05) is 22.0 Å². The molecule has 1 unspecified atom stereocenters. The third-order valence-electron chi connectivity index (χ3n) is 2.14. The molecule has 0 aliphatic heterocycles. The SMILES string of the molecule is NC(c1cccs1)c1cc(Br)ccc1F. The summed E-state index contributed by atoms with van der Waals surface area (Å²) >= 11 is 4.84. The monoisotopic (exact) mass is 285 g/mol. The molecule has 1 aromatic heterocycles. The highest BCUT2D eigenvalue weighted by atomic mass is 79.9. The first-order valence-corrected chi connectivity index (χ1v) is 6.09. The number of thiophene rings is 1. The molecule has 15 heavy (non-hydrogen) atoms. The Kier molecular flexibility index (Phi) is 3.19. The molecule has 0 aliphatic rings. The van der Waals surface area contributed by atoms with Crippen LogP contribution >= 0.6 is 27.3 Å². The summed E-state index contributed by atoms with van der Waals surface area (Å²) in [6, 6.07) is 8.25. The number of rotatable bonds is 2. The highest BCUT2D eigenvalue weighted by molar-refractivity contribution is 9.10. The third kappa shape index (κ3) is 2.27. The summed E-state index contributed by atoms with van der Waals surface area (Å²) in [7, 11) is 0. The Bertz CT molecular complexity index is 456. The van der Waals surface area contributed by atoms with E-state index in [2.05, 4.69) is 15.9 Å². The van der Waals surface area contributed by atoms with Gasteiger partial charge in [-0.3, -0.25) is 0 Å². The van der Waals surface area contributed by atoms with Crippen molar-refractivity contribution >= 4 is 27.3 Å². The Balaban J connectivity index is 2.41. The molecule has 0 spiro atoms. The molecule has 1 heterocycles. The molecule has 78 valence electrons. The minimum absolute atomic E-state index is 0.265. The molecule has 2 N–H and O–H groups in total. The van der Waals surface area contributed by atoms with Crippen molar-refractivity contribution in [1.82, 2.24) is 0 Å². The van der Waals surface area contributed by atoms with E-state index in [9.17, 15) is 4.39 Å². The number of nitrogens with two attached hydrogens (primary N) is 1. The topological polar surface area (TPSA) is 26.0 Å². The smallest absolute Gasteiger partial charge is 0.128 e. The Morgan fingerprint density at radius 2 is 2.13 bits per heavy atom. The van der Waals surface area contributed by atoms with Crippen LogP contribution in [0.2, 0.25) is 0 Å². The summed E-state index contributed by atoms with van der Waals surface area (Å²) in [5, 5.41) is 1.94. The fourth-order valence-electron chi connectivity index (χ4n) is 1.37. The summed E-state index contributed by atoms with van der Waals surface area (Å²) in [4.78, 5) is 0.965. The van der Waals surface area contributed by atoms with Crippen LogP contribution in [0.1, 0.15) is 16.5 Å². The summed E-state index contributed by atoms with van der Waals surface area (Å²) in [6.07, 6.45) is 0. The Morgan fingerprint density at radius 1 is 1.33 bits per heavy atom. The van der Waals surface area contributed by atoms with E-state index in [0.29, 0.717) is 5.56 Å². The predicted octanol–water partition coefficient (Wildman–Crippen LogP) is 3.70. The lowest BCUT2D eigenvalue weighted by Gasteiger charge is -2.11. The molecule has 0 saturated carbocycles. The third-order valence-corrected chi connectivity index (χ3v) is 3.59. The second kappa shape index (κ2) is 4.43. The lowest BCUT2D eigenvalue weighted by molar-refractivity contribution is 0.600. The van der Waals surface area contributed by atoms with Crippen LogP contribution in [0.5, 0.6) is 0 Å². The van der Waals surface area contributed by atoms with Crippen molar-refractivity contribution in [3.63, 3.8) is 0 Å². The molecule has 2 rings (SSSR count). The summed E-state index contributed by atoms with van der Waals surface area (Å²) in [5.74, 6) is -0.265. The standard InChI is InChI=1S/C11H9BrFNS/c12-7-3-4-9(13)8(6-7)11(14)10-2-1-5-15-10/h1-6,11H,14H2. The van der Waals surface area contributed by atoms with Crippen LogP contribution in [-0.2, 0) is 0 Å². The first-order chi connectivity index (χ1) is 7.18. The Morgan fingerprint density at radius 3 is 2.80 bits per heavy atom. The van der Waals surface area contributed by atoms with Crippen molar-refractivity contribution in [1.29, 1.82) is 0 Å². The maximum atomic E-state index is 13.5. The van der Waals surface area contributed by atoms with Gasteiger partial charge in [-0.2, -0.15) is 0 Å². The van der Waals surface area contributed by atoms with E-state index in [-0.39, 0.29) is 11.9 Å². The van der Waals surface area contributed by atoms with E-state index < -0.39 is 0 Å². The van der Waals surface area contributed by atoms with E-state index in [1.54, 1.807) is 12.1 Å². The second-order valence-corrected chi connectivity index (χ2v) is 5.05. The van der Waals surface area contributed by atoms with Crippen LogP contribution in [-0.4, -0.2) is 0 Å². The van der Waals surface area contributed by atoms with Crippen molar-refractivity contribution in [2.75, 3.05) is 0 Å². The summed E-state index contributed by atoms with van der Waals surface area (Å²) < 4.78 is 14.4. The van der Waals surface area contributed by atoms with E-state index in [0.717, 1.165) is 9.35 Å². The molecule has 0 fully saturated rings. The molecule has 0 aliphatic carbocycles. The van der Waals surface area contributed by atoms with Crippen LogP contribution in [0.3, 0.4) is 0 Å². The van der Waals surface area contributed by atoms with Crippen molar-refractivity contribution in [2.24, 2.45) is 5.73 Å². The number of hydrogen-bond donors (Lipinski definition) is 1. The van der Waals surface area contributed by atoms with Crippen molar-refractivity contribution in [3.8, 4) is 0 Å². The van der Waals surface area contributed by atoms with E-state index in [1.165, 1.54) is 17.4 Å². The van der Waals surface area contributed by atoms with Crippen molar-refractivity contribution < 1.29 is 4.39 Å². The summed E-state index contributed by atoms with van der Waals surface area (Å²) in [6.45, 7) is 0. The van der Waals surface area contributed by atoms with E-state index in [1.807, 2.05) is 17.5 Å². The number of hydrogen-bond acceptors (Lipinski definition) is 2. The summed E-state index contributed by atoms with van der Waals surface area (Å²) in [5.41, 5.74) is 6.50. The van der Waals surface area contributed by atoms with Crippen LogP contribution in [0, 0.1) is 5.82 Å². The van der Waals surface area contributed by atoms with Gasteiger partial charge < -0.3 is 5.73 Å². The highest BCUT2D eigenvalue weighted by Gasteiger charge is 2.14. The van der Waals surface area contributed by atoms with E-state index >= 15 is 0 Å². The minimum atomic E-state index is -0.387. The van der Waals surface area contributed by atoms with Gasteiger partial charge in [-0.25, -0.2) is 4.39 Å². The molecule has 1 atom stereocenters. The lowest BCUT2D eigenvalue weighted by atomic mass is 10.1. The highest BCUT2D eigenvalue weighted by Crippen LogP contribution is 2.27. The molecular formula is C11H9BrFNS. The van der Waals surface area contributed by atoms with Gasteiger partial charge in [0, 0.05) is 14.9 Å². The van der Waals surface area contributed by atoms with Gasteiger partial charge in [0.25, 0.3) is 0 Å². The fraction of sp³-hybridized carbons (Fsp3) is 0.0909. The van der Waals surface area contributed by atoms with Gasteiger partial charge >= 0.3 is 0 Å². The fourth-order valence-corrected chi connectivity index (χ4v) is 2.50. The van der Waals surface area contributed by atoms with E-state index in [4.69, 9.17) is 5.73 Å². The quantitative estimate of drug-likeness (QED) is 0.895. The van der Waals surface area contributed by atoms with Crippen molar-refractivity contribution in [3.05, 3.63) is 56.4 Å². The van der Waals surface area contributed by atoms with Gasteiger partial charge in [-0.15, -0.1) is 11.3 Å². The van der Waals surface area contributed by atoms with Crippen LogP contribution in [0.25, 0.3) is 0 Å². The van der Waals surface area contributed by atoms with Gasteiger partial charge in [0.05, 0.1) is 6.04 Å². The number of benzene rings is 1. The molecule has 0 amide bonds. The second-order valence-electron chi connectivity index (χ2n) is 3.16. The molecule has 1 nitrogen and oxygen atoms in total. The van der Waals surface area contributed by atoms with Gasteiger partial charge in [0.2, 0.25) is 0 Å². The minimum Gasteiger partial charge on any atom is -0.320 e. The normalized spacial score (nSPS) is 12.7. The molecule has 4 heteroatoms. The Labute approximate surface area is 99.9 Å². The van der Waals surface area contributed by atoms with Crippen molar-refractivity contribution in [2.45, 2.75) is 6.04 Å². The molecule has 1 aromatic carbocycles. The molecular weight excluding hydrogens is 277 g/mol. The lowest BCUT2D eigenvalue weighted by Crippen LogP contribution is -2.12. The number of halogens is 2. The maximum Gasteiger partial charge on any atom is 0.128 e. The van der Waals surface area contributed by atoms with Gasteiger partial charge in [0.1, 0.15) is 5.82 Å². The van der Waals surface area contributed by atoms with Crippen LogP contribution in [0.15, 0.2) is 40.2 Å². The largest absolute Gasteiger partial charge is 0.320 e. The molecule has 0 radical (unpaired) electrons. The predicted molar refractivity (Wildman–Crippen MR) is 64.4 cm³/mol. The first kappa shape index (κ1) is 10.8. The zero-order valence-corrected chi connectivity index (χ0v) is 10.2. The molecule has 2 aromatic rings. The average molecular weight is 286 g/mol. The molecule has 0 bridgehead atoms. The first-order valence-electron chi connectivity index (χ1n) is 4.42.